The van der Waals surface area contributed by atoms with Gasteiger partial charge in [0.05, 0.1) is 17.5 Å². The van der Waals surface area contributed by atoms with Gasteiger partial charge in [-0.1, -0.05) is 23.7 Å². The summed E-state index contributed by atoms with van der Waals surface area (Å²) in [6.07, 6.45) is 2.32. The molecular formula is C11H12ClNO2S. The summed E-state index contributed by atoms with van der Waals surface area (Å²) >= 11 is 5.83. The van der Waals surface area contributed by atoms with E-state index in [9.17, 15) is 8.42 Å². The van der Waals surface area contributed by atoms with Gasteiger partial charge in [-0.3, -0.25) is 4.99 Å². The van der Waals surface area contributed by atoms with Crippen molar-refractivity contribution >= 4 is 27.7 Å². The topological polar surface area (TPSA) is 46.5 Å². The Morgan fingerprint density at radius 1 is 1.44 bits per heavy atom. The molecule has 0 aromatic heterocycles. The van der Waals surface area contributed by atoms with Crippen LogP contribution in [0.5, 0.6) is 0 Å². The van der Waals surface area contributed by atoms with E-state index in [2.05, 4.69) is 4.99 Å². The van der Waals surface area contributed by atoms with E-state index in [-0.39, 0.29) is 17.5 Å². The molecule has 1 unspecified atom stereocenters. The highest BCUT2D eigenvalue weighted by molar-refractivity contribution is 7.91. The molecule has 0 radical (unpaired) electrons. The van der Waals surface area contributed by atoms with Crippen LogP contribution in [0.3, 0.4) is 0 Å². The van der Waals surface area contributed by atoms with Gasteiger partial charge < -0.3 is 0 Å². The Morgan fingerprint density at radius 2 is 2.25 bits per heavy atom. The smallest absolute Gasteiger partial charge is 0.152 e. The number of sulfone groups is 1. The maximum atomic E-state index is 11.2. The SMILES string of the molecule is O=S1(=O)CCC(N=Cc2cccc(Cl)c2)C1. The van der Waals surface area contributed by atoms with Gasteiger partial charge in [-0.25, -0.2) is 8.42 Å². The van der Waals surface area contributed by atoms with Gasteiger partial charge in [-0.05, 0) is 24.1 Å². The number of halogens is 1. The molecule has 1 heterocycles. The second-order valence-electron chi connectivity index (χ2n) is 3.89. The van der Waals surface area contributed by atoms with Crippen LogP contribution in [-0.4, -0.2) is 32.2 Å². The van der Waals surface area contributed by atoms with Crippen LogP contribution in [0.25, 0.3) is 0 Å². The van der Waals surface area contributed by atoms with Gasteiger partial charge >= 0.3 is 0 Å². The minimum absolute atomic E-state index is 0.0935. The molecule has 1 aliphatic rings. The van der Waals surface area contributed by atoms with Crippen LogP contribution < -0.4 is 0 Å². The zero-order valence-electron chi connectivity index (χ0n) is 8.64. The molecule has 0 aliphatic carbocycles. The summed E-state index contributed by atoms with van der Waals surface area (Å²) in [6, 6.07) is 7.23. The number of hydrogen-bond donors (Lipinski definition) is 0. The Kier molecular flexibility index (Phi) is 3.30. The van der Waals surface area contributed by atoms with Crippen molar-refractivity contribution in [3.05, 3.63) is 34.9 Å². The molecule has 0 saturated carbocycles. The largest absolute Gasteiger partial charge is 0.288 e. The Hall–Kier alpha value is -0.870. The molecule has 3 nitrogen and oxygen atoms in total. The number of nitrogens with zero attached hydrogens (tertiary/aromatic N) is 1. The zero-order chi connectivity index (χ0) is 11.6. The van der Waals surface area contributed by atoms with E-state index in [4.69, 9.17) is 11.6 Å². The van der Waals surface area contributed by atoms with Crippen molar-refractivity contribution in [2.24, 2.45) is 4.99 Å². The molecule has 0 N–H and O–H groups in total. The summed E-state index contributed by atoms with van der Waals surface area (Å²) < 4.78 is 22.4. The molecule has 0 bridgehead atoms. The highest BCUT2D eigenvalue weighted by Gasteiger charge is 2.26. The molecule has 1 aromatic carbocycles. The van der Waals surface area contributed by atoms with E-state index in [1.165, 1.54) is 0 Å². The highest BCUT2D eigenvalue weighted by atomic mass is 35.5. The number of aliphatic imine (C=N–C) groups is 1. The predicted molar refractivity (Wildman–Crippen MR) is 66.1 cm³/mol. The van der Waals surface area contributed by atoms with Crippen LogP contribution in [0, 0.1) is 0 Å². The fourth-order valence-corrected chi connectivity index (χ4v) is 3.51. The molecule has 0 amide bonds. The zero-order valence-corrected chi connectivity index (χ0v) is 10.2. The van der Waals surface area contributed by atoms with Crippen LogP contribution in [0.15, 0.2) is 29.3 Å². The van der Waals surface area contributed by atoms with E-state index in [0.29, 0.717) is 11.4 Å². The van der Waals surface area contributed by atoms with Gasteiger partial charge in [0, 0.05) is 11.2 Å². The molecule has 5 heteroatoms. The fraction of sp³-hybridized carbons (Fsp3) is 0.364. The van der Waals surface area contributed by atoms with Crippen LogP contribution in [0.2, 0.25) is 5.02 Å². The van der Waals surface area contributed by atoms with Crippen molar-refractivity contribution in [1.82, 2.24) is 0 Å². The van der Waals surface area contributed by atoms with Gasteiger partial charge in [-0.15, -0.1) is 0 Å². The first-order valence-electron chi connectivity index (χ1n) is 5.04. The third-order valence-corrected chi connectivity index (χ3v) is 4.48. The third-order valence-electron chi connectivity index (χ3n) is 2.49. The Bertz CT molecular complexity index is 510. The molecule has 1 aliphatic heterocycles. The van der Waals surface area contributed by atoms with E-state index < -0.39 is 9.84 Å². The number of benzene rings is 1. The summed E-state index contributed by atoms with van der Waals surface area (Å²) in [5, 5.41) is 0.656. The quantitative estimate of drug-likeness (QED) is 0.761. The van der Waals surface area contributed by atoms with Gasteiger partial charge in [-0.2, -0.15) is 0 Å². The Labute approximate surface area is 100 Å². The van der Waals surface area contributed by atoms with E-state index in [0.717, 1.165) is 5.56 Å². The predicted octanol–water partition coefficient (Wildman–Crippen LogP) is 1.95. The molecule has 1 saturated heterocycles. The van der Waals surface area contributed by atoms with Crippen molar-refractivity contribution in [3.8, 4) is 0 Å². The molecule has 2 rings (SSSR count). The molecule has 86 valence electrons. The summed E-state index contributed by atoms with van der Waals surface area (Å²) in [7, 11) is -2.85. The first-order valence-corrected chi connectivity index (χ1v) is 7.24. The Morgan fingerprint density at radius 3 is 2.88 bits per heavy atom. The second kappa shape index (κ2) is 4.55. The molecule has 1 fully saturated rings. The number of hydrogen-bond acceptors (Lipinski definition) is 3. The van der Waals surface area contributed by atoms with Gasteiger partial charge in [0.25, 0.3) is 0 Å². The van der Waals surface area contributed by atoms with Crippen LogP contribution in [0.1, 0.15) is 12.0 Å². The first kappa shape index (κ1) is 11.6. The summed E-state index contributed by atoms with van der Waals surface area (Å²) in [6.45, 7) is 0. The molecule has 1 atom stereocenters. The molecule has 0 spiro atoms. The van der Waals surface area contributed by atoms with Crippen LogP contribution >= 0.6 is 11.6 Å². The Balaban J connectivity index is 2.05. The van der Waals surface area contributed by atoms with Crippen molar-refractivity contribution in [2.75, 3.05) is 11.5 Å². The molecule has 16 heavy (non-hydrogen) atoms. The van der Waals surface area contributed by atoms with Crippen LogP contribution in [-0.2, 0) is 9.84 Å². The highest BCUT2D eigenvalue weighted by Crippen LogP contribution is 2.15. The summed E-state index contributed by atoms with van der Waals surface area (Å²) in [5.41, 5.74) is 0.900. The first-order chi connectivity index (χ1) is 7.55. The summed E-state index contributed by atoms with van der Waals surface area (Å²) in [4.78, 5) is 4.27. The third kappa shape index (κ3) is 3.06. The lowest BCUT2D eigenvalue weighted by atomic mass is 10.2. The van der Waals surface area contributed by atoms with Gasteiger partial charge in [0.2, 0.25) is 0 Å². The van der Waals surface area contributed by atoms with Gasteiger partial charge in [0.1, 0.15) is 0 Å². The average molecular weight is 258 g/mol. The summed E-state index contributed by atoms with van der Waals surface area (Å²) in [5.74, 6) is 0.425. The maximum absolute atomic E-state index is 11.2. The minimum Gasteiger partial charge on any atom is -0.288 e. The lowest BCUT2D eigenvalue weighted by Crippen LogP contribution is -2.07. The monoisotopic (exact) mass is 257 g/mol. The van der Waals surface area contributed by atoms with Crippen molar-refractivity contribution in [2.45, 2.75) is 12.5 Å². The van der Waals surface area contributed by atoms with Crippen LogP contribution in [0.4, 0.5) is 0 Å². The second-order valence-corrected chi connectivity index (χ2v) is 6.56. The van der Waals surface area contributed by atoms with Crippen molar-refractivity contribution in [1.29, 1.82) is 0 Å². The lowest BCUT2D eigenvalue weighted by molar-refractivity contribution is 0.601. The normalized spacial score (nSPS) is 23.9. The minimum atomic E-state index is -2.85. The van der Waals surface area contributed by atoms with Gasteiger partial charge in [0.15, 0.2) is 9.84 Å². The standard InChI is InChI=1S/C11H12ClNO2S/c12-10-3-1-2-9(6-10)7-13-11-4-5-16(14,15)8-11/h1-3,6-7,11H,4-5,8H2. The lowest BCUT2D eigenvalue weighted by Gasteiger charge is -1.99. The van der Waals surface area contributed by atoms with E-state index >= 15 is 0 Å². The van der Waals surface area contributed by atoms with Crippen molar-refractivity contribution in [3.63, 3.8) is 0 Å². The average Bonchev–Trinajstić information content (AvgIpc) is 2.56. The number of rotatable bonds is 2. The molecule has 1 aromatic rings. The molecular weight excluding hydrogens is 246 g/mol. The maximum Gasteiger partial charge on any atom is 0.152 e. The van der Waals surface area contributed by atoms with Crippen molar-refractivity contribution < 1.29 is 8.42 Å². The van der Waals surface area contributed by atoms with E-state index in [1.807, 2.05) is 12.1 Å². The fourth-order valence-electron chi connectivity index (χ4n) is 1.67. The van der Waals surface area contributed by atoms with E-state index in [1.54, 1.807) is 18.3 Å².